The lowest BCUT2D eigenvalue weighted by molar-refractivity contribution is -0.0538. The Bertz CT molecular complexity index is 852. The topological polar surface area (TPSA) is 164 Å². The molecule has 11 nitrogen and oxygen atoms in total. The minimum Gasteiger partial charge on any atom is -0.387 e. The molecule has 0 aromatic carbocycles. The minimum absolute atomic E-state index is 0.195. The Hall–Kier alpha value is -1.72. The maximum Gasteiger partial charge on any atom is 0.469 e. The highest BCUT2D eigenvalue weighted by Crippen LogP contribution is 2.38. The third-order valence-corrected chi connectivity index (χ3v) is 4.06. The van der Waals surface area contributed by atoms with Crippen LogP contribution in [0.4, 0.5) is 0 Å². The Balaban J connectivity index is 1.89. The van der Waals surface area contributed by atoms with Crippen molar-refractivity contribution < 1.29 is 33.8 Å². The van der Waals surface area contributed by atoms with E-state index in [1.807, 2.05) is 0 Å². The molecule has 4 N–H and O–H groups in total. The maximum atomic E-state index is 12.4. The number of aliphatic hydroxyl groups is 2. The molecule has 0 saturated carbocycles. The van der Waals surface area contributed by atoms with Crippen LogP contribution in [0.1, 0.15) is 6.23 Å². The predicted molar refractivity (Wildman–Crippen MR) is 77.7 cm³/mol. The zero-order valence-corrected chi connectivity index (χ0v) is 12.9. The number of hydrogen-bond acceptors (Lipinski definition) is 8. The molecule has 24 heavy (non-hydrogen) atoms. The van der Waals surface area contributed by atoms with Crippen LogP contribution in [-0.2, 0) is 13.8 Å². The molecule has 0 unspecified atom stereocenters. The fourth-order valence-corrected chi connectivity index (χ4v) is 2.76. The van der Waals surface area contributed by atoms with Gasteiger partial charge in [0.25, 0.3) is 5.56 Å². The summed E-state index contributed by atoms with van der Waals surface area (Å²) in [6.45, 7) is -0.656. The molecule has 0 bridgehead atoms. The van der Waals surface area contributed by atoms with Crippen LogP contribution in [0.3, 0.4) is 0 Å². The van der Waals surface area contributed by atoms with E-state index >= 15 is 0 Å². The molecular weight excluding hydrogens is 345 g/mol. The lowest BCUT2D eigenvalue weighted by Gasteiger charge is -2.17. The minimum atomic E-state index is -4.76. The zero-order chi connectivity index (χ0) is 17.5. The van der Waals surface area contributed by atoms with Crippen LogP contribution < -0.4 is 5.56 Å². The number of nitrogens with zero attached hydrogens (tertiary/aromatic N) is 3. The average Bonchev–Trinajstić information content (AvgIpc) is 2.81. The number of rotatable bonds is 4. The average molecular weight is 359 g/mol. The molecule has 12 heteroatoms. The van der Waals surface area contributed by atoms with Gasteiger partial charge in [-0.1, -0.05) is 0 Å². The van der Waals surface area contributed by atoms with Gasteiger partial charge in [0.15, 0.2) is 11.9 Å². The SMILES string of the molecule is O=c1c2cccnc2ncn1[C@@H]1O[C@H](COP(=O)(O)O)[C@H](O)[C@H]1O. The van der Waals surface area contributed by atoms with E-state index in [2.05, 4.69) is 14.5 Å². The van der Waals surface area contributed by atoms with Crippen molar-refractivity contribution in [2.45, 2.75) is 24.5 Å². The molecule has 1 aliphatic heterocycles. The fraction of sp³-hybridized carbons (Fsp3) is 0.417. The molecule has 1 fully saturated rings. The van der Waals surface area contributed by atoms with Gasteiger partial charge in [0.2, 0.25) is 0 Å². The van der Waals surface area contributed by atoms with E-state index in [1.54, 1.807) is 6.07 Å². The van der Waals surface area contributed by atoms with Gasteiger partial charge >= 0.3 is 7.82 Å². The van der Waals surface area contributed by atoms with E-state index in [0.717, 1.165) is 10.9 Å². The highest BCUT2D eigenvalue weighted by molar-refractivity contribution is 7.46. The molecule has 0 radical (unpaired) electrons. The van der Waals surface area contributed by atoms with Crippen molar-refractivity contribution in [1.29, 1.82) is 0 Å². The lowest BCUT2D eigenvalue weighted by Crippen LogP contribution is -2.35. The van der Waals surface area contributed by atoms with Crippen LogP contribution in [0.5, 0.6) is 0 Å². The van der Waals surface area contributed by atoms with E-state index in [9.17, 15) is 19.6 Å². The third kappa shape index (κ3) is 3.23. The van der Waals surface area contributed by atoms with Crippen molar-refractivity contribution in [2.75, 3.05) is 6.61 Å². The van der Waals surface area contributed by atoms with Crippen molar-refractivity contribution in [1.82, 2.24) is 14.5 Å². The van der Waals surface area contributed by atoms with Crippen LogP contribution in [0.2, 0.25) is 0 Å². The Morgan fingerprint density at radius 2 is 2.04 bits per heavy atom. The van der Waals surface area contributed by atoms with E-state index in [-0.39, 0.29) is 11.0 Å². The van der Waals surface area contributed by atoms with Gasteiger partial charge in [-0.3, -0.25) is 13.9 Å². The summed E-state index contributed by atoms with van der Waals surface area (Å²) in [6, 6.07) is 3.05. The van der Waals surface area contributed by atoms with Gasteiger partial charge in [-0.05, 0) is 12.1 Å². The summed E-state index contributed by atoms with van der Waals surface area (Å²) in [4.78, 5) is 37.7. The van der Waals surface area contributed by atoms with Gasteiger partial charge < -0.3 is 24.7 Å². The Kier molecular flexibility index (Phi) is 4.49. The first kappa shape index (κ1) is 17.1. The third-order valence-electron chi connectivity index (χ3n) is 3.57. The summed E-state index contributed by atoms with van der Waals surface area (Å²) in [5, 5.41) is 20.2. The van der Waals surface area contributed by atoms with Crippen molar-refractivity contribution in [3.8, 4) is 0 Å². The molecule has 130 valence electrons. The monoisotopic (exact) mass is 359 g/mol. The largest absolute Gasteiger partial charge is 0.469 e. The molecule has 1 aliphatic rings. The number of phosphoric acid groups is 1. The molecule has 4 atom stereocenters. The Labute approximate surface area is 134 Å². The van der Waals surface area contributed by atoms with E-state index < -0.39 is 44.5 Å². The first-order valence-electron chi connectivity index (χ1n) is 6.81. The lowest BCUT2D eigenvalue weighted by atomic mass is 10.1. The molecular formula is C12H14N3O8P. The molecule has 2 aromatic heterocycles. The summed E-state index contributed by atoms with van der Waals surface area (Å²) in [6.07, 6.45) is -2.94. The number of phosphoric ester groups is 1. The molecule has 0 spiro atoms. The van der Waals surface area contributed by atoms with Gasteiger partial charge in [0, 0.05) is 6.20 Å². The van der Waals surface area contributed by atoms with Crippen LogP contribution in [0.25, 0.3) is 11.0 Å². The van der Waals surface area contributed by atoms with Gasteiger partial charge in [-0.2, -0.15) is 0 Å². The van der Waals surface area contributed by atoms with Crippen LogP contribution in [-0.4, -0.2) is 59.5 Å². The Morgan fingerprint density at radius 1 is 1.29 bits per heavy atom. The molecule has 2 aromatic rings. The van der Waals surface area contributed by atoms with Crippen molar-refractivity contribution >= 4 is 18.9 Å². The number of aliphatic hydroxyl groups excluding tert-OH is 2. The predicted octanol–water partition coefficient (Wildman–Crippen LogP) is -1.48. The second-order valence-electron chi connectivity index (χ2n) is 5.16. The van der Waals surface area contributed by atoms with Crippen LogP contribution in [0, 0.1) is 0 Å². The van der Waals surface area contributed by atoms with Crippen molar-refractivity contribution in [3.63, 3.8) is 0 Å². The summed E-state index contributed by atoms with van der Waals surface area (Å²) >= 11 is 0. The highest BCUT2D eigenvalue weighted by atomic mass is 31.2. The number of hydrogen-bond donors (Lipinski definition) is 4. The Morgan fingerprint density at radius 3 is 2.75 bits per heavy atom. The van der Waals surface area contributed by atoms with Gasteiger partial charge in [0.05, 0.1) is 12.0 Å². The van der Waals surface area contributed by atoms with Crippen molar-refractivity contribution in [3.05, 3.63) is 35.0 Å². The second kappa shape index (κ2) is 6.30. The summed E-state index contributed by atoms with van der Waals surface area (Å²) in [5.41, 5.74) is -0.325. The fourth-order valence-electron chi connectivity index (χ4n) is 2.42. The zero-order valence-electron chi connectivity index (χ0n) is 12.0. The van der Waals surface area contributed by atoms with E-state index in [1.165, 1.54) is 12.3 Å². The molecule has 0 aliphatic carbocycles. The quantitative estimate of drug-likeness (QED) is 0.473. The standard InChI is InChI=1S/C12H14N3O8P/c16-8-7(4-22-24(19,20)21)23-12(9(8)17)15-5-14-10-6(11(15)18)2-1-3-13-10/h1-3,5,7-9,12,16-17H,4H2,(H2,19,20,21)/t7-,8+,9-,12-/m1/s1. The molecule has 3 rings (SSSR count). The number of fused-ring (bicyclic) bond motifs is 1. The normalized spacial score (nSPS) is 27.7. The van der Waals surface area contributed by atoms with Gasteiger partial charge in [0.1, 0.15) is 24.6 Å². The summed E-state index contributed by atoms with van der Waals surface area (Å²) < 4.78 is 21.3. The van der Waals surface area contributed by atoms with E-state index in [4.69, 9.17) is 14.5 Å². The smallest absolute Gasteiger partial charge is 0.387 e. The summed E-state index contributed by atoms with van der Waals surface area (Å²) in [7, 11) is -4.76. The van der Waals surface area contributed by atoms with E-state index in [0.29, 0.717) is 0 Å². The van der Waals surface area contributed by atoms with Crippen LogP contribution in [0.15, 0.2) is 29.5 Å². The number of pyridine rings is 1. The summed E-state index contributed by atoms with van der Waals surface area (Å²) in [5.74, 6) is 0. The van der Waals surface area contributed by atoms with Gasteiger partial charge in [-0.15, -0.1) is 0 Å². The molecule has 1 saturated heterocycles. The molecule has 3 heterocycles. The first-order valence-corrected chi connectivity index (χ1v) is 8.34. The number of ether oxygens (including phenoxy) is 1. The maximum absolute atomic E-state index is 12.4. The first-order chi connectivity index (χ1) is 11.3. The number of aromatic nitrogens is 3. The second-order valence-corrected chi connectivity index (χ2v) is 6.40. The highest BCUT2D eigenvalue weighted by Gasteiger charge is 2.45. The van der Waals surface area contributed by atoms with Crippen LogP contribution >= 0.6 is 7.82 Å². The van der Waals surface area contributed by atoms with Crippen molar-refractivity contribution in [2.24, 2.45) is 0 Å². The molecule has 0 amide bonds. The van der Waals surface area contributed by atoms with Gasteiger partial charge in [-0.25, -0.2) is 14.5 Å².